The zero-order valence-electron chi connectivity index (χ0n) is 13.6. The molecule has 3 rings (SSSR count). The Bertz CT molecular complexity index is 900. The molecule has 3 nitrogen and oxygen atoms in total. The summed E-state index contributed by atoms with van der Waals surface area (Å²) in [5.74, 6) is 0. The molecule has 1 aromatic heterocycles. The molecular formula is C18H13F6N3. The molecule has 27 heavy (non-hydrogen) atoms. The number of rotatable bonds is 4. The highest BCUT2D eigenvalue weighted by atomic mass is 19.4. The fourth-order valence-corrected chi connectivity index (χ4v) is 2.72. The van der Waals surface area contributed by atoms with E-state index in [0.29, 0.717) is 5.56 Å². The average Bonchev–Trinajstić information content (AvgIpc) is 3.13. The van der Waals surface area contributed by atoms with Gasteiger partial charge in [-0.25, -0.2) is 0 Å². The van der Waals surface area contributed by atoms with Crippen LogP contribution in [0.1, 0.15) is 28.3 Å². The van der Waals surface area contributed by atoms with E-state index in [1.54, 1.807) is 0 Å². The van der Waals surface area contributed by atoms with E-state index < -0.39 is 29.5 Å². The van der Waals surface area contributed by atoms with E-state index in [2.05, 4.69) is 15.5 Å². The maximum absolute atomic E-state index is 13.4. The molecule has 1 atom stereocenters. The molecule has 2 aromatic carbocycles. The molecule has 0 saturated carbocycles. The van der Waals surface area contributed by atoms with Crippen molar-refractivity contribution in [1.29, 1.82) is 0 Å². The van der Waals surface area contributed by atoms with Crippen LogP contribution in [0, 0.1) is 0 Å². The van der Waals surface area contributed by atoms with E-state index in [9.17, 15) is 26.3 Å². The van der Waals surface area contributed by atoms with Gasteiger partial charge in [0, 0.05) is 17.4 Å². The SMILES string of the molecule is FC(F)(F)c1cccc(NC(c2cn[nH]c2)c2ccccc2C(F)(F)F)c1. The largest absolute Gasteiger partial charge is 0.416 e. The van der Waals surface area contributed by atoms with Crippen molar-refractivity contribution in [1.82, 2.24) is 10.2 Å². The number of alkyl halides is 6. The molecule has 0 aliphatic rings. The highest BCUT2D eigenvalue weighted by Crippen LogP contribution is 2.38. The van der Waals surface area contributed by atoms with Crippen LogP contribution in [0.25, 0.3) is 0 Å². The molecular weight excluding hydrogens is 372 g/mol. The Hall–Kier alpha value is -2.97. The zero-order chi connectivity index (χ0) is 19.7. The van der Waals surface area contributed by atoms with Crippen molar-refractivity contribution in [3.05, 3.63) is 83.2 Å². The Labute approximate surface area is 150 Å². The minimum absolute atomic E-state index is 0.0352. The number of nitrogens with zero attached hydrogens (tertiary/aromatic N) is 1. The van der Waals surface area contributed by atoms with Gasteiger partial charge in [0.1, 0.15) is 0 Å². The maximum Gasteiger partial charge on any atom is 0.416 e. The van der Waals surface area contributed by atoms with Gasteiger partial charge in [0.05, 0.1) is 23.4 Å². The summed E-state index contributed by atoms with van der Waals surface area (Å²) in [6.07, 6.45) is -6.47. The van der Waals surface area contributed by atoms with Gasteiger partial charge in [-0.15, -0.1) is 0 Å². The number of aromatic nitrogens is 2. The van der Waals surface area contributed by atoms with Gasteiger partial charge in [-0.3, -0.25) is 5.10 Å². The molecule has 3 aromatic rings. The third-order valence-electron chi connectivity index (χ3n) is 3.93. The first-order chi connectivity index (χ1) is 12.7. The van der Waals surface area contributed by atoms with Crippen LogP contribution in [-0.4, -0.2) is 10.2 Å². The van der Waals surface area contributed by atoms with Crippen molar-refractivity contribution in [3.63, 3.8) is 0 Å². The maximum atomic E-state index is 13.4. The van der Waals surface area contributed by atoms with Crippen molar-refractivity contribution in [2.24, 2.45) is 0 Å². The molecule has 0 spiro atoms. The van der Waals surface area contributed by atoms with Gasteiger partial charge in [0.2, 0.25) is 0 Å². The number of hydrogen-bond donors (Lipinski definition) is 2. The fourth-order valence-electron chi connectivity index (χ4n) is 2.72. The van der Waals surface area contributed by atoms with Crippen LogP contribution in [0.15, 0.2) is 60.9 Å². The molecule has 2 N–H and O–H groups in total. The summed E-state index contributed by atoms with van der Waals surface area (Å²) in [6.45, 7) is 0. The van der Waals surface area contributed by atoms with Gasteiger partial charge in [-0.2, -0.15) is 31.4 Å². The second kappa shape index (κ2) is 6.98. The monoisotopic (exact) mass is 385 g/mol. The Kier molecular flexibility index (Phi) is 4.86. The lowest BCUT2D eigenvalue weighted by atomic mass is 9.95. The summed E-state index contributed by atoms with van der Waals surface area (Å²) in [5, 5.41) is 9.00. The molecule has 142 valence electrons. The molecule has 1 unspecified atom stereocenters. The predicted octanol–water partition coefficient (Wildman–Crippen LogP) is 5.65. The second-order valence-electron chi connectivity index (χ2n) is 5.77. The van der Waals surface area contributed by atoms with E-state index >= 15 is 0 Å². The zero-order valence-corrected chi connectivity index (χ0v) is 13.6. The number of halogens is 6. The van der Waals surface area contributed by atoms with Crippen LogP contribution in [0.4, 0.5) is 32.0 Å². The summed E-state index contributed by atoms with van der Waals surface area (Å²) < 4.78 is 79.0. The average molecular weight is 385 g/mol. The topological polar surface area (TPSA) is 40.7 Å². The van der Waals surface area contributed by atoms with Crippen LogP contribution in [-0.2, 0) is 12.4 Å². The normalized spacial score (nSPS) is 13.4. The molecule has 0 aliphatic carbocycles. The van der Waals surface area contributed by atoms with E-state index in [1.165, 1.54) is 42.7 Å². The van der Waals surface area contributed by atoms with Gasteiger partial charge >= 0.3 is 12.4 Å². The van der Waals surface area contributed by atoms with Crippen molar-refractivity contribution < 1.29 is 26.3 Å². The van der Waals surface area contributed by atoms with Gasteiger partial charge in [-0.1, -0.05) is 24.3 Å². The summed E-state index contributed by atoms with van der Waals surface area (Å²) in [4.78, 5) is 0. The molecule has 0 fully saturated rings. The van der Waals surface area contributed by atoms with Gasteiger partial charge in [0.25, 0.3) is 0 Å². The Morgan fingerprint density at radius 1 is 0.889 bits per heavy atom. The number of H-pyrrole nitrogens is 1. The van der Waals surface area contributed by atoms with Gasteiger partial charge < -0.3 is 5.32 Å². The second-order valence-corrected chi connectivity index (χ2v) is 5.77. The first-order valence-corrected chi connectivity index (χ1v) is 7.75. The minimum atomic E-state index is -4.62. The highest BCUT2D eigenvalue weighted by molar-refractivity contribution is 5.52. The Morgan fingerprint density at radius 3 is 2.26 bits per heavy atom. The number of benzene rings is 2. The van der Waals surface area contributed by atoms with Crippen molar-refractivity contribution in [2.75, 3.05) is 5.32 Å². The first-order valence-electron chi connectivity index (χ1n) is 7.75. The summed E-state index contributed by atoms with van der Waals surface area (Å²) in [6, 6.07) is 8.13. The number of nitrogens with one attached hydrogen (secondary N) is 2. The van der Waals surface area contributed by atoms with E-state index in [0.717, 1.165) is 18.2 Å². The van der Waals surface area contributed by atoms with E-state index in [4.69, 9.17) is 0 Å². The van der Waals surface area contributed by atoms with E-state index in [1.807, 2.05) is 0 Å². The summed E-state index contributed by atoms with van der Waals surface area (Å²) in [7, 11) is 0. The van der Waals surface area contributed by atoms with Crippen LogP contribution in [0.2, 0.25) is 0 Å². The third kappa shape index (κ3) is 4.24. The summed E-state index contributed by atoms with van der Waals surface area (Å²) in [5.41, 5.74) is -1.51. The van der Waals surface area contributed by atoms with Gasteiger partial charge in [-0.05, 0) is 29.8 Å². The van der Waals surface area contributed by atoms with Crippen molar-refractivity contribution >= 4 is 5.69 Å². The quantitative estimate of drug-likeness (QED) is 0.570. The van der Waals surface area contributed by atoms with Crippen LogP contribution in [0.5, 0.6) is 0 Å². The lowest BCUT2D eigenvalue weighted by Gasteiger charge is -2.23. The molecule has 0 amide bonds. The molecule has 0 saturated heterocycles. The van der Waals surface area contributed by atoms with Crippen LogP contribution < -0.4 is 5.32 Å². The lowest BCUT2D eigenvalue weighted by molar-refractivity contribution is -0.138. The van der Waals surface area contributed by atoms with Crippen LogP contribution >= 0.6 is 0 Å². The van der Waals surface area contributed by atoms with Crippen molar-refractivity contribution in [2.45, 2.75) is 18.4 Å². The van der Waals surface area contributed by atoms with E-state index in [-0.39, 0.29) is 11.3 Å². The fraction of sp³-hybridized carbons (Fsp3) is 0.167. The first kappa shape index (κ1) is 18.8. The Balaban J connectivity index is 2.06. The highest BCUT2D eigenvalue weighted by Gasteiger charge is 2.36. The molecule has 0 bridgehead atoms. The van der Waals surface area contributed by atoms with Gasteiger partial charge in [0.15, 0.2) is 0 Å². The standard InChI is InChI=1S/C18H13F6N3/c19-17(20,21)12-4-3-5-13(8-12)27-16(11-9-25-26-10-11)14-6-1-2-7-15(14)18(22,23)24/h1-10,16,27H,(H,25,26). The third-order valence-corrected chi connectivity index (χ3v) is 3.93. The lowest BCUT2D eigenvalue weighted by Crippen LogP contribution is -2.18. The van der Waals surface area contributed by atoms with Crippen LogP contribution in [0.3, 0.4) is 0 Å². The molecule has 0 radical (unpaired) electrons. The minimum Gasteiger partial charge on any atom is -0.374 e. The Morgan fingerprint density at radius 2 is 1.63 bits per heavy atom. The molecule has 9 heteroatoms. The molecule has 0 aliphatic heterocycles. The van der Waals surface area contributed by atoms with Crippen molar-refractivity contribution in [3.8, 4) is 0 Å². The molecule has 1 heterocycles. The number of aromatic amines is 1. The summed E-state index contributed by atoms with van der Waals surface area (Å²) >= 11 is 0. The smallest absolute Gasteiger partial charge is 0.374 e. The number of anilines is 1. The predicted molar refractivity (Wildman–Crippen MR) is 86.9 cm³/mol. The number of hydrogen-bond acceptors (Lipinski definition) is 2.